The van der Waals surface area contributed by atoms with Crippen LogP contribution in [0.3, 0.4) is 0 Å². The van der Waals surface area contributed by atoms with Crippen molar-refractivity contribution in [1.29, 1.82) is 0 Å². The highest BCUT2D eigenvalue weighted by Gasteiger charge is 2.50. The molecule has 1 unspecified atom stereocenters. The molecule has 4 heteroatoms. The first kappa shape index (κ1) is 22.0. The zero-order valence-corrected chi connectivity index (χ0v) is 12.5. The molecule has 0 aliphatic rings. The normalized spacial score (nSPS) is 14.5. The van der Waals surface area contributed by atoms with Crippen LogP contribution in [0.2, 0.25) is 0 Å². The lowest BCUT2D eigenvalue weighted by molar-refractivity contribution is -0.161. The monoisotopic (exact) mass is 300 g/mol. The molecule has 0 saturated carbocycles. The Morgan fingerprint density at radius 2 is 1.43 bits per heavy atom. The van der Waals surface area contributed by atoms with Crippen LogP contribution in [0.1, 0.15) is 55.0 Å². The van der Waals surface area contributed by atoms with E-state index >= 15 is 0 Å². The van der Waals surface area contributed by atoms with E-state index in [1.165, 1.54) is 13.2 Å². The van der Waals surface area contributed by atoms with Gasteiger partial charge in [-0.05, 0) is 38.5 Å². The van der Waals surface area contributed by atoms with Crippen molar-refractivity contribution in [3.05, 3.63) is 23.8 Å². The van der Waals surface area contributed by atoms with E-state index in [4.69, 9.17) is 4.74 Å². The number of rotatable bonds is 4. The van der Waals surface area contributed by atoms with Crippen molar-refractivity contribution >= 4 is 0 Å². The Labute approximate surface area is 129 Å². The van der Waals surface area contributed by atoms with Gasteiger partial charge in [0.15, 0.2) is 11.5 Å². The summed E-state index contributed by atoms with van der Waals surface area (Å²) in [7, 11) is 1.45. The van der Waals surface area contributed by atoms with Crippen molar-refractivity contribution in [2.24, 2.45) is 5.41 Å². The maximum absolute atomic E-state index is 10.9. The lowest BCUT2D eigenvalue weighted by Gasteiger charge is -2.48. The summed E-state index contributed by atoms with van der Waals surface area (Å²) in [6.45, 7) is 8.58. The van der Waals surface area contributed by atoms with Crippen molar-refractivity contribution in [1.82, 2.24) is 0 Å². The Morgan fingerprint density at radius 1 is 0.952 bits per heavy atom. The second kappa shape index (κ2) is 6.67. The lowest BCUT2D eigenvalue weighted by Crippen LogP contribution is -2.52. The predicted molar refractivity (Wildman–Crippen MR) is 87.8 cm³/mol. The van der Waals surface area contributed by atoms with Gasteiger partial charge in [-0.2, -0.15) is 0 Å². The van der Waals surface area contributed by atoms with Gasteiger partial charge in [-0.25, -0.2) is 0 Å². The number of ether oxygens (including phenoxy) is 1. The molecule has 0 bridgehead atoms. The summed E-state index contributed by atoms with van der Waals surface area (Å²) in [5, 5.41) is 30.8. The minimum Gasteiger partial charge on any atom is -0.504 e. The van der Waals surface area contributed by atoms with Crippen molar-refractivity contribution in [3.63, 3.8) is 0 Å². The third-order valence-corrected chi connectivity index (χ3v) is 4.49. The van der Waals surface area contributed by atoms with E-state index in [9.17, 15) is 15.3 Å². The van der Waals surface area contributed by atoms with Crippen molar-refractivity contribution in [3.8, 4) is 11.5 Å². The molecule has 0 aromatic heterocycles. The summed E-state index contributed by atoms with van der Waals surface area (Å²) in [6, 6.07) is 4.69. The predicted octanol–water partition coefficient (Wildman–Crippen LogP) is 3.68. The van der Waals surface area contributed by atoms with Crippen LogP contribution in [-0.2, 0) is 5.60 Å². The maximum Gasteiger partial charge on any atom is 0.160 e. The first-order valence-electron chi connectivity index (χ1n) is 6.27. The molecule has 0 spiro atoms. The summed E-state index contributed by atoms with van der Waals surface area (Å²) in [6.07, 6.45) is 0. The van der Waals surface area contributed by atoms with E-state index in [1.54, 1.807) is 46.8 Å². The van der Waals surface area contributed by atoms with Gasteiger partial charge in [-0.3, -0.25) is 0 Å². The van der Waals surface area contributed by atoms with E-state index in [2.05, 4.69) is 0 Å². The van der Waals surface area contributed by atoms with E-state index in [0.717, 1.165) is 0 Å². The molecule has 4 nitrogen and oxygen atoms in total. The number of phenolic OH excluding ortho intramolecular Hbond substituents is 1. The number of benzene rings is 1. The number of methoxy groups -OCH3 is 1. The van der Waals surface area contributed by atoms with Gasteiger partial charge < -0.3 is 20.1 Å². The Kier molecular flexibility index (Phi) is 6.99. The third kappa shape index (κ3) is 3.69. The number of hydrogen-bond acceptors (Lipinski definition) is 4. The molecule has 0 radical (unpaired) electrons. The van der Waals surface area contributed by atoms with Crippen LogP contribution in [-0.4, -0.2) is 28.0 Å². The molecular formula is C17H32O4. The molecule has 124 valence electrons. The molecular weight excluding hydrogens is 268 g/mol. The molecule has 0 fully saturated rings. The highest BCUT2D eigenvalue weighted by Crippen LogP contribution is 2.47. The van der Waals surface area contributed by atoms with Gasteiger partial charge >= 0.3 is 0 Å². The number of phenols is 1. The molecule has 3 N–H and O–H groups in total. The second-order valence-electron chi connectivity index (χ2n) is 6.14. The van der Waals surface area contributed by atoms with Gasteiger partial charge in [0.25, 0.3) is 0 Å². The van der Waals surface area contributed by atoms with E-state index in [-0.39, 0.29) is 20.6 Å². The Morgan fingerprint density at radius 3 is 1.81 bits per heavy atom. The molecule has 0 saturated heterocycles. The summed E-state index contributed by atoms with van der Waals surface area (Å²) in [4.78, 5) is 0. The Hall–Kier alpha value is -1.26. The number of hydrogen-bond donors (Lipinski definition) is 3. The minimum atomic E-state index is -1.29. The highest BCUT2D eigenvalue weighted by molar-refractivity contribution is 5.44. The fourth-order valence-electron chi connectivity index (χ4n) is 1.94. The zero-order chi connectivity index (χ0) is 15.1. The first-order chi connectivity index (χ1) is 8.45. The molecule has 1 aromatic rings. The minimum absolute atomic E-state index is 0. The number of aliphatic hydroxyl groups is 2. The molecule has 0 aliphatic heterocycles. The molecule has 1 atom stereocenters. The summed E-state index contributed by atoms with van der Waals surface area (Å²) >= 11 is 0. The van der Waals surface area contributed by atoms with Crippen molar-refractivity contribution < 1.29 is 20.1 Å². The average Bonchev–Trinajstić information content (AvgIpc) is 2.27. The van der Waals surface area contributed by atoms with E-state index in [0.29, 0.717) is 11.3 Å². The van der Waals surface area contributed by atoms with Crippen LogP contribution >= 0.6 is 0 Å². The summed E-state index contributed by atoms with van der Waals surface area (Å²) < 4.78 is 5.06. The molecule has 0 heterocycles. The Balaban J connectivity index is 0. The average molecular weight is 300 g/mol. The maximum atomic E-state index is 10.9. The van der Waals surface area contributed by atoms with Gasteiger partial charge in [0, 0.05) is 5.41 Å². The van der Waals surface area contributed by atoms with Gasteiger partial charge in [0.05, 0.1) is 18.3 Å². The van der Waals surface area contributed by atoms with Gasteiger partial charge in [-0.15, -0.1) is 0 Å². The molecule has 1 aromatic carbocycles. The van der Waals surface area contributed by atoms with Crippen LogP contribution < -0.4 is 4.74 Å². The van der Waals surface area contributed by atoms with Crippen molar-refractivity contribution in [2.45, 2.75) is 60.7 Å². The lowest BCUT2D eigenvalue weighted by atomic mass is 9.63. The van der Waals surface area contributed by atoms with E-state index in [1.807, 2.05) is 0 Å². The van der Waals surface area contributed by atoms with Crippen molar-refractivity contribution in [2.75, 3.05) is 7.11 Å². The van der Waals surface area contributed by atoms with Crippen LogP contribution in [0.15, 0.2) is 18.2 Å². The number of aromatic hydroxyl groups is 1. The van der Waals surface area contributed by atoms with Gasteiger partial charge in [-0.1, -0.05) is 34.8 Å². The van der Waals surface area contributed by atoms with Crippen LogP contribution in [0, 0.1) is 5.41 Å². The topological polar surface area (TPSA) is 69.9 Å². The summed E-state index contributed by atoms with van der Waals surface area (Å²) in [5.41, 5.74) is -2.59. The van der Waals surface area contributed by atoms with Crippen LogP contribution in [0.25, 0.3) is 0 Å². The summed E-state index contributed by atoms with van der Waals surface area (Å²) in [5.74, 6) is 0.312. The molecule has 21 heavy (non-hydrogen) atoms. The molecule has 0 amide bonds. The fourth-order valence-corrected chi connectivity index (χ4v) is 1.94. The SMILES string of the molecule is C.C.COc1cc(C(C)(O)C(C)(C)C(C)(C)O)ccc1O. The quantitative estimate of drug-likeness (QED) is 0.793. The van der Waals surface area contributed by atoms with Gasteiger partial charge in [0.2, 0.25) is 0 Å². The smallest absolute Gasteiger partial charge is 0.160 e. The largest absolute Gasteiger partial charge is 0.504 e. The fraction of sp³-hybridized carbons (Fsp3) is 0.647. The highest BCUT2D eigenvalue weighted by atomic mass is 16.5. The second-order valence-corrected chi connectivity index (χ2v) is 6.14. The standard InChI is InChI=1S/C15H24O4.2CH4/c1-13(2,14(3,4)17)15(5,18)10-7-8-11(16)12(9-10)19-6;;/h7-9,16-18H,1-6H3;2*1H4. The van der Waals surface area contributed by atoms with Gasteiger partial charge in [0.1, 0.15) is 0 Å². The molecule has 0 aliphatic carbocycles. The third-order valence-electron chi connectivity index (χ3n) is 4.49. The zero-order valence-electron chi connectivity index (χ0n) is 12.5. The van der Waals surface area contributed by atoms with E-state index < -0.39 is 16.6 Å². The van der Waals surface area contributed by atoms with Crippen LogP contribution in [0.5, 0.6) is 11.5 Å². The molecule has 1 rings (SSSR count). The van der Waals surface area contributed by atoms with Crippen LogP contribution in [0.4, 0.5) is 0 Å². The first-order valence-corrected chi connectivity index (χ1v) is 6.27. The Bertz CT molecular complexity index is 456.